The Bertz CT molecular complexity index is 1910. The van der Waals surface area contributed by atoms with E-state index in [0.717, 1.165) is 89.9 Å². The number of rotatable bonds is 83. The number of esters is 4. The van der Waals surface area contributed by atoms with Crippen LogP contribution < -0.4 is 0 Å². The zero-order valence-electron chi connectivity index (χ0n) is 65.9. The molecule has 0 amide bonds. The minimum atomic E-state index is -4.96. The fourth-order valence-corrected chi connectivity index (χ4v) is 14.4. The van der Waals surface area contributed by atoms with Crippen LogP contribution in [-0.2, 0) is 65.4 Å². The normalized spacial score (nSPS) is 13.8. The van der Waals surface area contributed by atoms with Gasteiger partial charge in [0.1, 0.15) is 19.3 Å². The molecule has 0 saturated heterocycles. The van der Waals surface area contributed by atoms with Crippen LogP contribution in [0, 0.1) is 0 Å². The standard InChI is InChI=1S/C82H160O17P2/c1-5-9-13-17-21-25-28-31-34-37-38-39-40-43-46-49-53-57-61-65-69-82(87)99-78(73-93-80(85)67-63-59-55-51-47-44-41-35-32-29-26-22-18-14-10-6-2)75-97-101(90,91)95-71-76(83)70-94-100(88,89)96-74-77(72-92-79(84)66-62-58-54-50-24-20-16-12-8-4)98-81(86)68-64-60-56-52-48-45-42-36-33-30-27-23-19-15-11-7-3/h76-78,83H,5-75H2,1-4H3,(H,88,89)(H,90,91)/t76-,77+,78+/m0/s1. The molecule has 0 aliphatic carbocycles. The van der Waals surface area contributed by atoms with E-state index < -0.39 is 97.5 Å². The first-order valence-corrected chi connectivity index (χ1v) is 45.8. The third-order valence-corrected chi connectivity index (χ3v) is 21.3. The van der Waals surface area contributed by atoms with Crippen LogP contribution in [0.5, 0.6) is 0 Å². The summed E-state index contributed by atoms with van der Waals surface area (Å²) in [5.41, 5.74) is 0. The molecule has 0 aliphatic rings. The Kier molecular flexibility index (Phi) is 74.8. The molecule has 0 fully saturated rings. The van der Waals surface area contributed by atoms with E-state index >= 15 is 0 Å². The molecule has 0 aromatic rings. The number of unbranched alkanes of at least 4 members (excludes halogenated alkanes) is 57. The highest BCUT2D eigenvalue weighted by Crippen LogP contribution is 2.45. The van der Waals surface area contributed by atoms with Gasteiger partial charge < -0.3 is 33.8 Å². The number of carbonyl (C=O) groups excluding carboxylic acids is 4. The number of hydrogen-bond donors (Lipinski definition) is 3. The van der Waals surface area contributed by atoms with Crippen molar-refractivity contribution >= 4 is 39.5 Å². The van der Waals surface area contributed by atoms with E-state index in [1.165, 1.54) is 276 Å². The first-order chi connectivity index (χ1) is 49.2. The summed E-state index contributed by atoms with van der Waals surface area (Å²) in [4.78, 5) is 73.0. The number of phosphoric acid groups is 2. The first kappa shape index (κ1) is 99.1. The number of aliphatic hydroxyl groups is 1. The average molecular weight is 1480 g/mol. The molecule has 0 aromatic carbocycles. The summed E-state index contributed by atoms with van der Waals surface area (Å²) in [5, 5.41) is 10.6. The van der Waals surface area contributed by atoms with E-state index in [1.807, 2.05) is 0 Å². The van der Waals surface area contributed by atoms with Crippen LogP contribution in [-0.4, -0.2) is 96.7 Å². The maximum absolute atomic E-state index is 13.1. The van der Waals surface area contributed by atoms with E-state index in [4.69, 9.17) is 37.0 Å². The minimum Gasteiger partial charge on any atom is -0.462 e. The molecule has 0 radical (unpaired) electrons. The van der Waals surface area contributed by atoms with Crippen molar-refractivity contribution in [2.75, 3.05) is 39.6 Å². The molecule has 5 atom stereocenters. The Morgan fingerprint density at radius 2 is 0.396 bits per heavy atom. The van der Waals surface area contributed by atoms with Gasteiger partial charge in [0.25, 0.3) is 0 Å². The maximum Gasteiger partial charge on any atom is 0.472 e. The average Bonchev–Trinajstić information content (AvgIpc) is 1.56. The van der Waals surface area contributed by atoms with Crippen molar-refractivity contribution < 1.29 is 80.2 Å². The molecule has 0 heterocycles. The van der Waals surface area contributed by atoms with Gasteiger partial charge in [0.05, 0.1) is 26.4 Å². The van der Waals surface area contributed by atoms with E-state index in [-0.39, 0.29) is 25.7 Å². The van der Waals surface area contributed by atoms with Crippen LogP contribution in [0.1, 0.15) is 445 Å². The van der Waals surface area contributed by atoms with Crippen LogP contribution in [0.25, 0.3) is 0 Å². The van der Waals surface area contributed by atoms with Crippen molar-refractivity contribution in [1.29, 1.82) is 0 Å². The summed E-state index contributed by atoms with van der Waals surface area (Å²) in [6.45, 7) is 5.02. The molecule has 19 heteroatoms. The van der Waals surface area contributed by atoms with Crippen molar-refractivity contribution in [2.24, 2.45) is 0 Å². The smallest absolute Gasteiger partial charge is 0.462 e. The van der Waals surface area contributed by atoms with Crippen LogP contribution in [0.3, 0.4) is 0 Å². The lowest BCUT2D eigenvalue weighted by molar-refractivity contribution is -0.161. The number of phosphoric ester groups is 2. The number of aliphatic hydroxyl groups excluding tert-OH is 1. The Morgan fingerprint density at radius 1 is 0.238 bits per heavy atom. The highest BCUT2D eigenvalue weighted by molar-refractivity contribution is 7.47. The van der Waals surface area contributed by atoms with Crippen molar-refractivity contribution in [3.63, 3.8) is 0 Å². The van der Waals surface area contributed by atoms with Crippen molar-refractivity contribution in [3.05, 3.63) is 0 Å². The summed E-state index contributed by atoms with van der Waals surface area (Å²) in [6.07, 6.45) is 69.4. The van der Waals surface area contributed by atoms with E-state index in [1.54, 1.807) is 0 Å². The molecule has 0 rings (SSSR count). The number of hydrogen-bond acceptors (Lipinski definition) is 15. The largest absolute Gasteiger partial charge is 0.472 e. The van der Waals surface area contributed by atoms with Crippen LogP contribution >= 0.6 is 15.6 Å². The zero-order chi connectivity index (χ0) is 73.9. The van der Waals surface area contributed by atoms with Gasteiger partial charge in [0.2, 0.25) is 0 Å². The quantitative estimate of drug-likeness (QED) is 0.0222. The second-order valence-electron chi connectivity index (χ2n) is 29.5. The van der Waals surface area contributed by atoms with Gasteiger partial charge in [0.15, 0.2) is 12.2 Å². The predicted molar refractivity (Wildman–Crippen MR) is 414 cm³/mol. The van der Waals surface area contributed by atoms with Gasteiger partial charge in [-0.3, -0.25) is 37.3 Å². The molecule has 2 unspecified atom stereocenters. The van der Waals surface area contributed by atoms with Crippen LogP contribution in [0.15, 0.2) is 0 Å². The lowest BCUT2D eigenvalue weighted by Gasteiger charge is -2.21. The Balaban J connectivity index is 5.21. The molecule has 0 bridgehead atoms. The predicted octanol–water partition coefficient (Wildman–Crippen LogP) is 25.0. The summed E-state index contributed by atoms with van der Waals surface area (Å²) in [6, 6.07) is 0. The van der Waals surface area contributed by atoms with Crippen LogP contribution in [0.2, 0.25) is 0 Å². The summed E-state index contributed by atoms with van der Waals surface area (Å²) >= 11 is 0. The summed E-state index contributed by atoms with van der Waals surface area (Å²) < 4.78 is 68.7. The van der Waals surface area contributed by atoms with Gasteiger partial charge in [-0.05, 0) is 25.7 Å². The SMILES string of the molecule is CCCCCCCCCCCCCCCCCCCCCCC(=O)O[C@H](COC(=O)CCCCCCCCCCCCCCCCCC)COP(=O)(O)OC[C@@H](O)COP(=O)(O)OC[C@@H](COC(=O)CCCCCCCCCCC)OC(=O)CCCCCCCCCCCCCCCCCC. The molecule has 0 aromatic heterocycles. The molecular formula is C82H160O17P2. The Morgan fingerprint density at radius 3 is 0.584 bits per heavy atom. The molecule has 101 heavy (non-hydrogen) atoms. The van der Waals surface area contributed by atoms with Gasteiger partial charge in [-0.2, -0.15) is 0 Å². The molecule has 0 saturated carbocycles. The second kappa shape index (κ2) is 76.3. The van der Waals surface area contributed by atoms with Crippen molar-refractivity contribution in [3.8, 4) is 0 Å². The molecule has 0 spiro atoms. The topological polar surface area (TPSA) is 237 Å². The Labute approximate surface area is 619 Å². The minimum absolute atomic E-state index is 0.109. The highest BCUT2D eigenvalue weighted by Gasteiger charge is 2.30. The highest BCUT2D eigenvalue weighted by atomic mass is 31.2. The Hall–Kier alpha value is -1.94. The van der Waals surface area contributed by atoms with Gasteiger partial charge in [-0.25, -0.2) is 9.13 Å². The van der Waals surface area contributed by atoms with E-state index in [0.29, 0.717) is 25.7 Å². The fraction of sp³-hybridized carbons (Fsp3) is 0.951. The zero-order valence-corrected chi connectivity index (χ0v) is 67.7. The lowest BCUT2D eigenvalue weighted by atomic mass is 10.0. The lowest BCUT2D eigenvalue weighted by Crippen LogP contribution is -2.30. The third kappa shape index (κ3) is 76.1. The van der Waals surface area contributed by atoms with Crippen molar-refractivity contribution in [2.45, 2.75) is 463 Å². The van der Waals surface area contributed by atoms with Crippen molar-refractivity contribution in [1.82, 2.24) is 0 Å². The number of ether oxygens (including phenoxy) is 4. The van der Waals surface area contributed by atoms with Gasteiger partial charge in [0, 0.05) is 25.7 Å². The summed E-state index contributed by atoms with van der Waals surface area (Å²) in [7, 11) is -9.92. The van der Waals surface area contributed by atoms with Gasteiger partial charge in [-0.1, -0.05) is 394 Å². The summed E-state index contributed by atoms with van der Waals surface area (Å²) in [5.74, 6) is -2.10. The third-order valence-electron chi connectivity index (χ3n) is 19.4. The molecular weight excluding hydrogens is 1320 g/mol. The van der Waals surface area contributed by atoms with Gasteiger partial charge >= 0.3 is 39.5 Å². The molecule has 600 valence electrons. The molecule has 0 aliphatic heterocycles. The second-order valence-corrected chi connectivity index (χ2v) is 32.4. The van der Waals surface area contributed by atoms with E-state index in [2.05, 4.69) is 27.7 Å². The monoisotopic (exact) mass is 1480 g/mol. The maximum atomic E-state index is 13.1. The molecule has 17 nitrogen and oxygen atoms in total. The molecule has 3 N–H and O–H groups in total. The fourth-order valence-electron chi connectivity index (χ4n) is 12.8. The van der Waals surface area contributed by atoms with Gasteiger partial charge in [-0.15, -0.1) is 0 Å². The number of carbonyl (C=O) groups is 4. The first-order valence-electron chi connectivity index (χ1n) is 42.8. The van der Waals surface area contributed by atoms with Crippen LogP contribution in [0.4, 0.5) is 0 Å². The van der Waals surface area contributed by atoms with E-state index in [9.17, 15) is 43.2 Å².